The molecule has 0 amide bonds. The number of methoxy groups -OCH3 is 2. The number of ketones is 1. The third kappa shape index (κ3) is 2.54. The number of pyridine rings is 1. The molecule has 0 spiro atoms. The van der Waals surface area contributed by atoms with Crippen LogP contribution in [0.3, 0.4) is 0 Å². The van der Waals surface area contributed by atoms with Gasteiger partial charge in [-0.25, -0.2) is 0 Å². The van der Waals surface area contributed by atoms with Crippen molar-refractivity contribution in [2.75, 3.05) is 14.2 Å². The van der Waals surface area contributed by atoms with Gasteiger partial charge in [0.05, 0.1) is 25.3 Å². The summed E-state index contributed by atoms with van der Waals surface area (Å²) in [6, 6.07) is 12.8. The van der Waals surface area contributed by atoms with Crippen LogP contribution in [0.15, 0.2) is 47.3 Å². The molecule has 122 valence electrons. The Balaban J connectivity index is 2.50. The number of aromatic nitrogens is 1. The first-order valence-corrected chi connectivity index (χ1v) is 7.45. The Kier molecular flexibility index (Phi) is 4.08. The van der Waals surface area contributed by atoms with E-state index in [9.17, 15) is 9.59 Å². The maximum atomic E-state index is 12.5. The van der Waals surface area contributed by atoms with E-state index in [0.717, 1.165) is 10.9 Å². The van der Waals surface area contributed by atoms with Crippen LogP contribution in [0.2, 0.25) is 0 Å². The number of fused-ring (bicyclic) bond motifs is 1. The summed E-state index contributed by atoms with van der Waals surface area (Å²) in [6.45, 7) is 1.39. The van der Waals surface area contributed by atoms with Crippen LogP contribution < -0.4 is 15.0 Å². The van der Waals surface area contributed by atoms with Crippen LogP contribution in [-0.4, -0.2) is 25.0 Å². The molecular weight excluding hydrogens is 306 g/mol. The van der Waals surface area contributed by atoms with E-state index in [-0.39, 0.29) is 11.3 Å². The van der Waals surface area contributed by atoms with Crippen molar-refractivity contribution in [3.63, 3.8) is 0 Å². The molecule has 3 aromatic rings. The Morgan fingerprint density at radius 3 is 2.21 bits per heavy atom. The predicted molar refractivity (Wildman–Crippen MR) is 93.1 cm³/mol. The lowest BCUT2D eigenvalue weighted by Gasteiger charge is -2.14. The van der Waals surface area contributed by atoms with Gasteiger partial charge in [0.2, 0.25) is 0 Å². The average Bonchev–Trinajstić information content (AvgIpc) is 2.59. The van der Waals surface area contributed by atoms with Crippen LogP contribution in [0.25, 0.3) is 22.0 Å². The maximum absolute atomic E-state index is 12.5. The molecule has 5 nitrogen and oxygen atoms in total. The highest BCUT2D eigenvalue weighted by Crippen LogP contribution is 2.36. The van der Waals surface area contributed by atoms with Gasteiger partial charge in [-0.3, -0.25) is 9.59 Å². The molecule has 0 saturated carbocycles. The minimum absolute atomic E-state index is 0.140. The lowest BCUT2D eigenvalue weighted by atomic mass is 9.94. The second-order valence-corrected chi connectivity index (χ2v) is 5.38. The topological polar surface area (TPSA) is 68.4 Å². The monoisotopic (exact) mass is 323 g/mol. The van der Waals surface area contributed by atoms with Crippen molar-refractivity contribution in [3.8, 4) is 22.6 Å². The number of hydrogen-bond acceptors (Lipinski definition) is 4. The second kappa shape index (κ2) is 6.20. The van der Waals surface area contributed by atoms with Crippen LogP contribution >= 0.6 is 0 Å². The molecule has 0 unspecified atom stereocenters. The van der Waals surface area contributed by atoms with Gasteiger partial charge in [-0.1, -0.05) is 30.3 Å². The molecule has 1 N–H and O–H groups in total. The zero-order chi connectivity index (χ0) is 17.3. The highest BCUT2D eigenvalue weighted by atomic mass is 16.5. The molecule has 0 aliphatic carbocycles. The Bertz CT molecular complexity index is 974. The van der Waals surface area contributed by atoms with Crippen molar-refractivity contribution >= 4 is 16.7 Å². The zero-order valence-corrected chi connectivity index (χ0v) is 13.7. The fraction of sp³-hybridized carbons (Fsp3) is 0.158. The molecule has 0 aliphatic heterocycles. The summed E-state index contributed by atoms with van der Waals surface area (Å²) in [5.41, 5.74) is 1.71. The molecular formula is C19H17NO4. The Morgan fingerprint density at radius 1 is 1.00 bits per heavy atom. The van der Waals surface area contributed by atoms with E-state index < -0.39 is 5.56 Å². The standard InChI is InChI=1S/C19H17NO4/c1-11(21)17-18(12-7-5-4-6-8-12)13-9-15(23-2)16(24-3)10-14(13)20-19(17)22/h4-10H,1-3H3,(H,20,22). The normalized spacial score (nSPS) is 10.6. The SMILES string of the molecule is COc1cc2[nH]c(=O)c(C(C)=O)c(-c3ccccc3)c2cc1OC. The fourth-order valence-electron chi connectivity index (χ4n) is 2.86. The van der Waals surface area contributed by atoms with Gasteiger partial charge >= 0.3 is 0 Å². The smallest absolute Gasteiger partial charge is 0.259 e. The largest absolute Gasteiger partial charge is 0.493 e. The number of rotatable bonds is 4. The highest BCUT2D eigenvalue weighted by Gasteiger charge is 2.19. The van der Waals surface area contributed by atoms with Gasteiger partial charge in [-0.05, 0) is 18.6 Å². The minimum atomic E-state index is -0.416. The van der Waals surface area contributed by atoms with Crippen LogP contribution in [0, 0.1) is 0 Å². The highest BCUT2D eigenvalue weighted by molar-refractivity contribution is 6.09. The van der Waals surface area contributed by atoms with E-state index in [1.54, 1.807) is 19.2 Å². The van der Waals surface area contributed by atoms with Crippen molar-refractivity contribution in [1.29, 1.82) is 0 Å². The molecule has 0 fully saturated rings. The zero-order valence-electron chi connectivity index (χ0n) is 13.7. The number of ether oxygens (including phenoxy) is 2. The van der Waals surface area contributed by atoms with Crippen LogP contribution in [-0.2, 0) is 0 Å². The van der Waals surface area contributed by atoms with E-state index in [2.05, 4.69) is 4.98 Å². The molecule has 0 saturated heterocycles. The molecule has 3 rings (SSSR count). The first-order valence-electron chi connectivity index (χ1n) is 7.45. The van der Waals surface area contributed by atoms with Gasteiger partial charge < -0.3 is 14.5 Å². The van der Waals surface area contributed by atoms with Gasteiger partial charge in [0.1, 0.15) is 0 Å². The quantitative estimate of drug-likeness (QED) is 0.747. The summed E-state index contributed by atoms with van der Waals surface area (Å²) in [6.07, 6.45) is 0. The molecule has 1 aromatic heterocycles. The summed E-state index contributed by atoms with van der Waals surface area (Å²) < 4.78 is 10.7. The van der Waals surface area contributed by atoms with Crippen molar-refractivity contribution < 1.29 is 14.3 Å². The lowest BCUT2D eigenvalue weighted by Crippen LogP contribution is -2.18. The van der Waals surface area contributed by atoms with Crippen molar-refractivity contribution in [1.82, 2.24) is 4.98 Å². The second-order valence-electron chi connectivity index (χ2n) is 5.38. The van der Waals surface area contributed by atoms with Gasteiger partial charge in [0, 0.05) is 17.0 Å². The summed E-state index contributed by atoms with van der Waals surface area (Å²) in [4.78, 5) is 27.3. The van der Waals surface area contributed by atoms with Crippen molar-refractivity contribution in [2.45, 2.75) is 6.92 Å². The predicted octanol–water partition coefficient (Wildman–Crippen LogP) is 3.41. The van der Waals surface area contributed by atoms with Gasteiger partial charge in [-0.2, -0.15) is 0 Å². The van der Waals surface area contributed by atoms with Crippen LogP contribution in [0.5, 0.6) is 11.5 Å². The number of hydrogen-bond donors (Lipinski definition) is 1. The Morgan fingerprint density at radius 2 is 1.62 bits per heavy atom. The number of benzene rings is 2. The fourth-order valence-corrected chi connectivity index (χ4v) is 2.86. The number of H-pyrrole nitrogens is 1. The molecule has 24 heavy (non-hydrogen) atoms. The van der Waals surface area contributed by atoms with E-state index in [0.29, 0.717) is 22.6 Å². The number of aromatic amines is 1. The van der Waals surface area contributed by atoms with Gasteiger partial charge in [0.25, 0.3) is 5.56 Å². The van der Waals surface area contributed by atoms with Gasteiger partial charge in [-0.15, -0.1) is 0 Å². The number of Topliss-reactive ketones (excluding diaryl/α,β-unsaturated/α-hetero) is 1. The molecule has 1 heterocycles. The number of carbonyl (C=O) groups is 1. The Labute approximate surface area is 138 Å². The summed E-state index contributed by atoms with van der Waals surface area (Å²) in [7, 11) is 3.08. The molecule has 2 aromatic carbocycles. The molecule has 0 bridgehead atoms. The molecule has 5 heteroatoms. The van der Waals surface area contributed by atoms with E-state index in [4.69, 9.17) is 9.47 Å². The van der Waals surface area contributed by atoms with Crippen molar-refractivity contribution in [3.05, 3.63) is 58.4 Å². The van der Waals surface area contributed by atoms with E-state index in [1.165, 1.54) is 14.0 Å². The third-order valence-electron chi connectivity index (χ3n) is 3.93. The van der Waals surface area contributed by atoms with Gasteiger partial charge in [0.15, 0.2) is 17.3 Å². The van der Waals surface area contributed by atoms with Crippen molar-refractivity contribution in [2.24, 2.45) is 0 Å². The Hall–Kier alpha value is -3.08. The minimum Gasteiger partial charge on any atom is -0.493 e. The molecule has 0 radical (unpaired) electrons. The third-order valence-corrected chi connectivity index (χ3v) is 3.93. The van der Waals surface area contributed by atoms with E-state index in [1.807, 2.05) is 30.3 Å². The van der Waals surface area contributed by atoms with E-state index >= 15 is 0 Å². The number of nitrogens with one attached hydrogen (secondary N) is 1. The summed E-state index contributed by atoms with van der Waals surface area (Å²) in [5.74, 6) is 0.755. The number of carbonyl (C=O) groups excluding carboxylic acids is 1. The van der Waals surface area contributed by atoms with Crippen LogP contribution in [0.4, 0.5) is 0 Å². The summed E-state index contributed by atoms with van der Waals surface area (Å²) in [5, 5.41) is 0.726. The molecule has 0 aliphatic rings. The maximum Gasteiger partial charge on any atom is 0.259 e. The van der Waals surface area contributed by atoms with Crippen LogP contribution in [0.1, 0.15) is 17.3 Å². The molecule has 0 atom stereocenters. The first kappa shape index (κ1) is 15.8. The lowest BCUT2D eigenvalue weighted by molar-refractivity contribution is 0.101. The average molecular weight is 323 g/mol. The first-order chi connectivity index (χ1) is 11.6. The summed E-state index contributed by atoms with van der Waals surface area (Å²) >= 11 is 0.